The van der Waals surface area contributed by atoms with Gasteiger partial charge in [-0.1, -0.05) is 28.1 Å². The number of benzene rings is 1. The van der Waals surface area contributed by atoms with E-state index in [0.29, 0.717) is 13.0 Å². The van der Waals surface area contributed by atoms with Crippen molar-refractivity contribution in [2.75, 3.05) is 20.2 Å². The van der Waals surface area contributed by atoms with Crippen LogP contribution in [-0.2, 0) is 16.0 Å². The van der Waals surface area contributed by atoms with Crippen LogP contribution in [0.2, 0.25) is 0 Å². The fraction of sp³-hybridized carbons (Fsp3) is 0.500. The van der Waals surface area contributed by atoms with Gasteiger partial charge in [0, 0.05) is 24.7 Å². The van der Waals surface area contributed by atoms with Gasteiger partial charge in [-0.05, 0) is 30.5 Å². The summed E-state index contributed by atoms with van der Waals surface area (Å²) in [7, 11) is 1.85. The first-order valence-electron chi connectivity index (χ1n) is 6.25. The standard InChI is InChI=1S/C14H18BrNO2/c1-16(10-13-3-2-8-18-13)14(17)9-11-4-6-12(15)7-5-11/h4-7,13H,2-3,8-10H2,1H3. The molecule has 0 bridgehead atoms. The van der Waals surface area contributed by atoms with Gasteiger partial charge in [-0.15, -0.1) is 0 Å². The van der Waals surface area contributed by atoms with Crippen molar-refractivity contribution >= 4 is 21.8 Å². The van der Waals surface area contributed by atoms with Crippen LogP contribution in [0.4, 0.5) is 0 Å². The van der Waals surface area contributed by atoms with Gasteiger partial charge in [0.1, 0.15) is 0 Å². The van der Waals surface area contributed by atoms with E-state index in [4.69, 9.17) is 4.74 Å². The molecular weight excluding hydrogens is 294 g/mol. The summed E-state index contributed by atoms with van der Waals surface area (Å²) in [6.45, 7) is 1.54. The van der Waals surface area contributed by atoms with E-state index in [1.54, 1.807) is 4.90 Å². The minimum absolute atomic E-state index is 0.146. The summed E-state index contributed by atoms with van der Waals surface area (Å²) in [5.74, 6) is 0.146. The fourth-order valence-corrected chi connectivity index (χ4v) is 2.37. The highest BCUT2D eigenvalue weighted by molar-refractivity contribution is 9.10. The van der Waals surface area contributed by atoms with Gasteiger partial charge >= 0.3 is 0 Å². The monoisotopic (exact) mass is 311 g/mol. The fourth-order valence-electron chi connectivity index (χ4n) is 2.11. The van der Waals surface area contributed by atoms with E-state index in [-0.39, 0.29) is 12.0 Å². The molecule has 0 aliphatic carbocycles. The second-order valence-corrected chi connectivity index (χ2v) is 5.63. The van der Waals surface area contributed by atoms with Crippen LogP contribution < -0.4 is 0 Å². The Kier molecular flexibility index (Phi) is 4.78. The zero-order chi connectivity index (χ0) is 13.0. The van der Waals surface area contributed by atoms with Crippen molar-refractivity contribution in [3.63, 3.8) is 0 Å². The molecule has 1 amide bonds. The van der Waals surface area contributed by atoms with Crippen molar-refractivity contribution in [2.45, 2.75) is 25.4 Å². The van der Waals surface area contributed by atoms with E-state index < -0.39 is 0 Å². The van der Waals surface area contributed by atoms with Gasteiger partial charge in [0.15, 0.2) is 0 Å². The summed E-state index contributed by atoms with van der Waals surface area (Å²) >= 11 is 3.39. The number of carbonyl (C=O) groups is 1. The van der Waals surface area contributed by atoms with Crippen LogP contribution in [-0.4, -0.2) is 37.1 Å². The molecule has 3 nitrogen and oxygen atoms in total. The average molecular weight is 312 g/mol. The number of amides is 1. The third-order valence-electron chi connectivity index (χ3n) is 3.20. The molecule has 4 heteroatoms. The summed E-state index contributed by atoms with van der Waals surface area (Å²) in [5, 5.41) is 0. The van der Waals surface area contributed by atoms with Crippen molar-refractivity contribution in [1.82, 2.24) is 4.90 Å². The van der Waals surface area contributed by atoms with Gasteiger partial charge in [-0.3, -0.25) is 4.79 Å². The SMILES string of the molecule is CN(CC1CCCO1)C(=O)Cc1ccc(Br)cc1. The number of carbonyl (C=O) groups excluding carboxylic acids is 1. The Balaban J connectivity index is 1.84. The first-order valence-corrected chi connectivity index (χ1v) is 7.04. The highest BCUT2D eigenvalue weighted by Crippen LogP contribution is 2.14. The molecular formula is C14H18BrNO2. The highest BCUT2D eigenvalue weighted by Gasteiger charge is 2.19. The highest BCUT2D eigenvalue weighted by atomic mass is 79.9. The maximum atomic E-state index is 12.0. The Morgan fingerprint density at radius 1 is 1.44 bits per heavy atom. The lowest BCUT2D eigenvalue weighted by molar-refractivity contribution is -0.130. The molecule has 1 heterocycles. The molecule has 98 valence electrons. The molecule has 1 fully saturated rings. The predicted octanol–water partition coefficient (Wildman–Crippen LogP) is 2.63. The van der Waals surface area contributed by atoms with Crippen molar-refractivity contribution < 1.29 is 9.53 Å². The van der Waals surface area contributed by atoms with Gasteiger partial charge in [-0.25, -0.2) is 0 Å². The summed E-state index contributed by atoms with van der Waals surface area (Å²) in [4.78, 5) is 13.8. The normalized spacial score (nSPS) is 18.9. The molecule has 0 aromatic heterocycles. The Hall–Kier alpha value is -0.870. The summed E-state index contributed by atoms with van der Waals surface area (Å²) < 4.78 is 6.57. The lowest BCUT2D eigenvalue weighted by Crippen LogP contribution is -2.35. The van der Waals surface area contributed by atoms with Crippen LogP contribution in [0.1, 0.15) is 18.4 Å². The van der Waals surface area contributed by atoms with Crippen LogP contribution >= 0.6 is 15.9 Å². The van der Waals surface area contributed by atoms with Gasteiger partial charge in [0.25, 0.3) is 0 Å². The van der Waals surface area contributed by atoms with Crippen LogP contribution in [0.25, 0.3) is 0 Å². The summed E-state index contributed by atoms with van der Waals surface area (Å²) in [5.41, 5.74) is 1.04. The van der Waals surface area contributed by atoms with E-state index in [1.807, 2.05) is 31.3 Å². The van der Waals surface area contributed by atoms with E-state index in [2.05, 4.69) is 15.9 Å². The molecule has 1 aliphatic heterocycles. The number of nitrogens with zero attached hydrogens (tertiary/aromatic N) is 1. The Bertz CT molecular complexity index is 399. The quantitative estimate of drug-likeness (QED) is 0.855. The minimum atomic E-state index is 0.146. The molecule has 1 aromatic carbocycles. The van der Waals surface area contributed by atoms with Crippen LogP contribution in [0.5, 0.6) is 0 Å². The zero-order valence-electron chi connectivity index (χ0n) is 10.6. The summed E-state index contributed by atoms with van der Waals surface area (Å²) in [6, 6.07) is 7.87. The second kappa shape index (κ2) is 6.34. The maximum absolute atomic E-state index is 12.0. The van der Waals surface area contributed by atoms with Gasteiger partial charge in [0.2, 0.25) is 5.91 Å². The van der Waals surface area contributed by atoms with E-state index in [9.17, 15) is 4.79 Å². The average Bonchev–Trinajstić information content (AvgIpc) is 2.85. The summed E-state index contributed by atoms with van der Waals surface area (Å²) in [6.07, 6.45) is 2.86. The largest absolute Gasteiger partial charge is 0.376 e. The Morgan fingerprint density at radius 3 is 2.78 bits per heavy atom. The molecule has 0 spiro atoms. The van der Waals surface area contributed by atoms with Gasteiger partial charge in [0.05, 0.1) is 12.5 Å². The van der Waals surface area contributed by atoms with Gasteiger partial charge < -0.3 is 9.64 Å². The van der Waals surface area contributed by atoms with Crippen molar-refractivity contribution in [1.29, 1.82) is 0 Å². The molecule has 1 saturated heterocycles. The van der Waals surface area contributed by atoms with Crippen molar-refractivity contribution in [3.8, 4) is 0 Å². The van der Waals surface area contributed by atoms with Crippen molar-refractivity contribution in [2.24, 2.45) is 0 Å². The first kappa shape index (κ1) is 13.6. The Labute approximate surface area is 116 Å². The molecule has 1 atom stereocenters. The molecule has 1 aliphatic rings. The lowest BCUT2D eigenvalue weighted by atomic mass is 10.1. The lowest BCUT2D eigenvalue weighted by Gasteiger charge is -2.20. The predicted molar refractivity (Wildman–Crippen MR) is 74.5 cm³/mol. The number of halogens is 1. The number of rotatable bonds is 4. The van der Waals surface area contributed by atoms with E-state index >= 15 is 0 Å². The number of ether oxygens (including phenoxy) is 1. The topological polar surface area (TPSA) is 29.5 Å². The molecule has 1 unspecified atom stereocenters. The zero-order valence-corrected chi connectivity index (χ0v) is 12.1. The van der Waals surface area contributed by atoms with Crippen molar-refractivity contribution in [3.05, 3.63) is 34.3 Å². The molecule has 0 saturated carbocycles. The first-order chi connectivity index (χ1) is 8.65. The van der Waals surface area contributed by atoms with Crippen LogP contribution in [0, 0.1) is 0 Å². The molecule has 1 aromatic rings. The van der Waals surface area contributed by atoms with E-state index in [0.717, 1.165) is 29.5 Å². The minimum Gasteiger partial charge on any atom is -0.376 e. The third-order valence-corrected chi connectivity index (χ3v) is 3.72. The van der Waals surface area contributed by atoms with Crippen LogP contribution in [0.3, 0.4) is 0 Å². The Morgan fingerprint density at radius 2 is 2.17 bits per heavy atom. The second-order valence-electron chi connectivity index (χ2n) is 4.71. The smallest absolute Gasteiger partial charge is 0.226 e. The maximum Gasteiger partial charge on any atom is 0.226 e. The molecule has 0 radical (unpaired) electrons. The number of likely N-dealkylation sites (N-methyl/N-ethyl adjacent to an activating group) is 1. The van der Waals surface area contributed by atoms with Crippen LogP contribution in [0.15, 0.2) is 28.7 Å². The number of hydrogen-bond acceptors (Lipinski definition) is 2. The van der Waals surface area contributed by atoms with E-state index in [1.165, 1.54) is 0 Å². The third kappa shape index (κ3) is 3.82. The molecule has 2 rings (SSSR count). The molecule has 18 heavy (non-hydrogen) atoms. The number of hydrogen-bond donors (Lipinski definition) is 0. The van der Waals surface area contributed by atoms with Gasteiger partial charge in [-0.2, -0.15) is 0 Å². The molecule has 0 N–H and O–H groups in total.